The van der Waals surface area contributed by atoms with Gasteiger partial charge in [-0.15, -0.1) is 0 Å². The lowest BCUT2D eigenvalue weighted by Crippen LogP contribution is -2.41. The summed E-state index contributed by atoms with van der Waals surface area (Å²) in [5, 5.41) is 0. The number of amides is 1. The predicted octanol–water partition coefficient (Wildman–Crippen LogP) is 2.88. The van der Waals surface area contributed by atoms with Gasteiger partial charge >= 0.3 is 0 Å². The third-order valence-electron chi connectivity index (χ3n) is 4.89. The van der Waals surface area contributed by atoms with Crippen LogP contribution in [0.4, 0.5) is 5.82 Å². The molecule has 0 aliphatic carbocycles. The Morgan fingerprint density at radius 3 is 2.80 bits per heavy atom. The van der Waals surface area contributed by atoms with Gasteiger partial charge < -0.3 is 19.0 Å². The van der Waals surface area contributed by atoms with Crippen LogP contribution in [0.5, 0.6) is 0 Å². The second-order valence-corrected chi connectivity index (χ2v) is 6.55. The maximum Gasteiger partial charge on any atom is 0.257 e. The summed E-state index contributed by atoms with van der Waals surface area (Å²) in [6.45, 7) is 3.61. The van der Waals surface area contributed by atoms with Crippen molar-refractivity contribution in [1.29, 1.82) is 0 Å². The van der Waals surface area contributed by atoms with E-state index in [4.69, 9.17) is 9.15 Å². The second kappa shape index (κ2) is 7.27. The monoisotopic (exact) mass is 341 g/mol. The number of aromatic nitrogens is 1. The largest absolute Gasteiger partial charge is 0.467 e. The number of piperidine rings is 1. The van der Waals surface area contributed by atoms with Crippen LogP contribution in [-0.2, 0) is 4.74 Å². The first kappa shape index (κ1) is 16.1. The summed E-state index contributed by atoms with van der Waals surface area (Å²) in [7, 11) is 0. The number of hydrogen-bond donors (Lipinski definition) is 0. The van der Waals surface area contributed by atoms with E-state index < -0.39 is 0 Å². The number of rotatable bonds is 3. The van der Waals surface area contributed by atoms with Crippen molar-refractivity contribution in [2.24, 2.45) is 0 Å². The van der Waals surface area contributed by atoms with E-state index in [-0.39, 0.29) is 12.0 Å². The summed E-state index contributed by atoms with van der Waals surface area (Å²) in [5.74, 6) is 1.64. The molecule has 2 aromatic rings. The number of furan rings is 1. The van der Waals surface area contributed by atoms with Gasteiger partial charge in [0.15, 0.2) is 0 Å². The molecule has 132 valence electrons. The first-order valence-corrected chi connectivity index (χ1v) is 8.97. The van der Waals surface area contributed by atoms with Crippen LogP contribution in [-0.4, -0.2) is 48.6 Å². The fourth-order valence-corrected chi connectivity index (χ4v) is 3.57. The molecule has 0 N–H and O–H groups in total. The third-order valence-corrected chi connectivity index (χ3v) is 4.89. The number of hydrogen-bond acceptors (Lipinski definition) is 5. The average molecular weight is 341 g/mol. The minimum atomic E-state index is -0.135. The van der Waals surface area contributed by atoms with Crippen LogP contribution in [0.15, 0.2) is 41.1 Å². The maximum atomic E-state index is 13.0. The molecule has 2 saturated heterocycles. The van der Waals surface area contributed by atoms with Crippen LogP contribution in [0.25, 0.3) is 0 Å². The number of carbonyl (C=O) groups excluding carboxylic acids is 1. The van der Waals surface area contributed by atoms with Crippen molar-refractivity contribution in [2.45, 2.75) is 25.4 Å². The lowest BCUT2D eigenvalue weighted by atomic mass is 10.1. The van der Waals surface area contributed by atoms with Crippen molar-refractivity contribution in [2.75, 3.05) is 37.7 Å². The Morgan fingerprint density at radius 2 is 2.00 bits per heavy atom. The summed E-state index contributed by atoms with van der Waals surface area (Å²) in [4.78, 5) is 21.6. The molecule has 6 nitrogen and oxygen atoms in total. The molecular weight excluding hydrogens is 318 g/mol. The van der Waals surface area contributed by atoms with E-state index in [1.807, 2.05) is 29.2 Å². The van der Waals surface area contributed by atoms with E-state index >= 15 is 0 Å². The number of anilines is 1. The summed E-state index contributed by atoms with van der Waals surface area (Å²) in [6.07, 6.45) is 6.64. The van der Waals surface area contributed by atoms with Crippen LogP contribution in [0.2, 0.25) is 0 Å². The molecular formula is C19H23N3O3. The minimum Gasteiger partial charge on any atom is -0.467 e. The Kier molecular flexibility index (Phi) is 4.70. The highest BCUT2D eigenvalue weighted by Gasteiger charge is 2.29. The van der Waals surface area contributed by atoms with Crippen molar-refractivity contribution < 1.29 is 13.9 Å². The average Bonchev–Trinajstić information content (AvgIpc) is 3.23. The minimum absolute atomic E-state index is 0.0869. The SMILES string of the molecule is O=C(c1cccnc1N1CCOC(c2ccco2)C1)N1CCCCC1. The highest BCUT2D eigenvalue weighted by molar-refractivity contribution is 5.99. The maximum absolute atomic E-state index is 13.0. The van der Waals surface area contributed by atoms with Crippen LogP contribution in [0, 0.1) is 0 Å². The molecule has 4 heterocycles. The molecule has 0 radical (unpaired) electrons. The molecule has 25 heavy (non-hydrogen) atoms. The van der Waals surface area contributed by atoms with Crippen molar-refractivity contribution in [3.8, 4) is 0 Å². The topological polar surface area (TPSA) is 58.8 Å². The summed E-state index contributed by atoms with van der Waals surface area (Å²) in [6, 6.07) is 7.51. The van der Waals surface area contributed by atoms with Gasteiger partial charge in [-0.3, -0.25) is 4.79 Å². The fourth-order valence-electron chi connectivity index (χ4n) is 3.57. The van der Waals surface area contributed by atoms with Gasteiger partial charge in [0.1, 0.15) is 17.7 Å². The van der Waals surface area contributed by atoms with Gasteiger partial charge in [0.25, 0.3) is 5.91 Å². The molecule has 0 bridgehead atoms. The lowest BCUT2D eigenvalue weighted by molar-refractivity contribution is 0.0254. The zero-order valence-corrected chi connectivity index (χ0v) is 14.3. The Morgan fingerprint density at radius 1 is 1.12 bits per heavy atom. The van der Waals surface area contributed by atoms with E-state index in [2.05, 4.69) is 9.88 Å². The van der Waals surface area contributed by atoms with Gasteiger partial charge in [0, 0.05) is 25.8 Å². The van der Waals surface area contributed by atoms with Crippen molar-refractivity contribution in [1.82, 2.24) is 9.88 Å². The van der Waals surface area contributed by atoms with E-state index in [9.17, 15) is 4.79 Å². The third kappa shape index (κ3) is 3.39. The molecule has 2 aliphatic heterocycles. The molecule has 0 spiro atoms. The highest BCUT2D eigenvalue weighted by atomic mass is 16.5. The Balaban J connectivity index is 1.56. The van der Waals surface area contributed by atoms with Gasteiger partial charge in [-0.05, 0) is 43.5 Å². The first-order chi connectivity index (χ1) is 12.3. The normalized spacial score (nSPS) is 21.4. The van der Waals surface area contributed by atoms with Gasteiger partial charge in [0.2, 0.25) is 0 Å². The molecule has 6 heteroatoms. The first-order valence-electron chi connectivity index (χ1n) is 8.97. The summed E-state index contributed by atoms with van der Waals surface area (Å²) < 4.78 is 11.3. The second-order valence-electron chi connectivity index (χ2n) is 6.55. The Labute approximate surface area is 147 Å². The summed E-state index contributed by atoms with van der Waals surface area (Å²) >= 11 is 0. The van der Waals surface area contributed by atoms with Crippen LogP contribution >= 0.6 is 0 Å². The predicted molar refractivity (Wildman–Crippen MR) is 93.6 cm³/mol. The fraction of sp³-hybridized carbons (Fsp3) is 0.474. The molecule has 4 rings (SSSR count). The van der Waals surface area contributed by atoms with Gasteiger partial charge in [-0.2, -0.15) is 0 Å². The van der Waals surface area contributed by atoms with E-state index in [1.54, 1.807) is 12.5 Å². The zero-order chi connectivity index (χ0) is 17.1. The van der Waals surface area contributed by atoms with Crippen LogP contribution in [0.3, 0.4) is 0 Å². The molecule has 1 amide bonds. The zero-order valence-electron chi connectivity index (χ0n) is 14.3. The Hall–Kier alpha value is -2.34. The van der Waals surface area contributed by atoms with Crippen molar-refractivity contribution in [3.05, 3.63) is 48.0 Å². The number of carbonyl (C=O) groups is 1. The molecule has 0 aromatic carbocycles. The van der Waals surface area contributed by atoms with Crippen molar-refractivity contribution >= 4 is 11.7 Å². The highest BCUT2D eigenvalue weighted by Crippen LogP contribution is 2.28. The lowest BCUT2D eigenvalue weighted by Gasteiger charge is -2.34. The molecule has 0 saturated carbocycles. The van der Waals surface area contributed by atoms with E-state index in [1.165, 1.54) is 6.42 Å². The number of likely N-dealkylation sites (tertiary alicyclic amines) is 1. The molecule has 2 fully saturated rings. The summed E-state index contributed by atoms with van der Waals surface area (Å²) in [5.41, 5.74) is 0.685. The smallest absolute Gasteiger partial charge is 0.257 e. The molecule has 1 unspecified atom stereocenters. The molecule has 2 aliphatic rings. The van der Waals surface area contributed by atoms with Crippen LogP contribution < -0.4 is 4.90 Å². The van der Waals surface area contributed by atoms with Gasteiger partial charge in [-0.1, -0.05) is 0 Å². The molecule has 2 aromatic heterocycles. The van der Waals surface area contributed by atoms with Gasteiger partial charge in [0.05, 0.1) is 25.0 Å². The Bertz CT molecular complexity index is 710. The van der Waals surface area contributed by atoms with Gasteiger partial charge in [-0.25, -0.2) is 4.98 Å². The number of ether oxygens (including phenoxy) is 1. The quantitative estimate of drug-likeness (QED) is 0.859. The van der Waals surface area contributed by atoms with Crippen LogP contribution in [0.1, 0.15) is 41.5 Å². The molecule has 1 atom stereocenters. The number of morpholine rings is 1. The van der Waals surface area contributed by atoms with E-state index in [0.717, 1.165) is 37.5 Å². The number of pyridine rings is 1. The van der Waals surface area contributed by atoms with Crippen molar-refractivity contribution in [3.63, 3.8) is 0 Å². The van der Waals surface area contributed by atoms with E-state index in [0.29, 0.717) is 25.3 Å². The number of nitrogens with zero attached hydrogens (tertiary/aromatic N) is 3. The standard InChI is InChI=1S/C19H23N3O3/c23-19(21-9-2-1-3-10-21)15-6-4-8-20-18(15)22-11-13-25-17(14-22)16-7-5-12-24-16/h4-8,12,17H,1-3,9-11,13-14H2.